The number of amides is 1. The number of nitrogens with zero attached hydrogens (tertiary/aromatic N) is 4. The van der Waals surface area contributed by atoms with Gasteiger partial charge in [-0.2, -0.15) is 0 Å². The Morgan fingerprint density at radius 2 is 2.23 bits per heavy atom. The number of carbonyl (C=O) groups is 1. The molecule has 12 heteroatoms. The molecule has 160 valence electrons. The first-order valence-corrected chi connectivity index (χ1v) is 11.5. The molecule has 2 aromatic rings. The number of halogens is 1. The Morgan fingerprint density at radius 3 is 3.07 bits per heavy atom. The van der Waals surface area contributed by atoms with Crippen LogP contribution in [0.4, 0.5) is 5.82 Å². The van der Waals surface area contributed by atoms with E-state index in [0.717, 1.165) is 0 Å². The van der Waals surface area contributed by atoms with Crippen molar-refractivity contribution < 1.29 is 44.0 Å². The summed E-state index contributed by atoms with van der Waals surface area (Å²) in [4.78, 5) is 28.0. The van der Waals surface area contributed by atoms with Crippen molar-refractivity contribution in [1.82, 2.24) is 25.3 Å². The summed E-state index contributed by atoms with van der Waals surface area (Å²) < 4.78 is 9.64. The number of carbonyl (C=O) groups excluding carboxylic acids is 1. The average molecular weight is 527 g/mol. The van der Waals surface area contributed by atoms with Crippen LogP contribution in [0.15, 0.2) is 34.1 Å². The molecule has 30 heavy (non-hydrogen) atoms. The van der Waals surface area contributed by atoms with Crippen LogP contribution in [-0.2, 0) is 9.53 Å². The summed E-state index contributed by atoms with van der Waals surface area (Å²) in [6.45, 7) is 1.82. The van der Waals surface area contributed by atoms with Gasteiger partial charge >= 0.3 is 166 Å². The van der Waals surface area contributed by atoms with Crippen LogP contribution >= 0.6 is 0 Å². The second-order valence-corrected chi connectivity index (χ2v) is 9.66. The molecular formula is C18H22IN7O4. The number of hydrogen-bond donors (Lipinski definition) is 5. The number of fused-ring (bicyclic) bond motifs is 1. The van der Waals surface area contributed by atoms with Crippen LogP contribution in [0.1, 0.15) is 13.3 Å². The molecule has 2 aromatic heterocycles. The van der Waals surface area contributed by atoms with Crippen molar-refractivity contribution in [3.8, 4) is 0 Å². The number of aromatic nitrogens is 4. The number of imidazole rings is 1. The molecule has 0 saturated carbocycles. The maximum atomic E-state index is 12.7. The van der Waals surface area contributed by atoms with Crippen molar-refractivity contribution in [3.05, 3.63) is 34.1 Å². The number of allylic oxidation sites excluding steroid dienone is 1. The van der Waals surface area contributed by atoms with Gasteiger partial charge < -0.3 is 0 Å². The summed E-state index contributed by atoms with van der Waals surface area (Å²) >= 11 is -0.537. The zero-order chi connectivity index (χ0) is 21.3. The third-order valence-electron chi connectivity index (χ3n) is 4.86. The first-order chi connectivity index (χ1) is 14.4. The monoisotopic (exact) mass is 527 g/mol. The van der Waals surface area contributed by atoms with Crippen LogP contribution in [0.5, 0.6) is 0 Å². The fraction of sp³-hybridized carbons (Fsp3) is 0.389. The van der Waals surface area contributed by atoms with E-state index in [0.29, 0.717) is 17.0 Å². The normalized spacial score (nSPS) is 27.2. The van der Waals surface area contributed by atoms with Crippen LogP contribution < -0.4 is 32.1 Å². The van der Waals surface area contributed by atoms with Gasteiger partial charge in [0.1, 0.15) is 0 Å². The molecule has 0 aliphatic carbocycles. The molecule has 4 heterocycles. The van der Waals surface area contributed by atoms with Crippen molar-refractivity contribution >= 4 is 29.1 Å². The molecule has 1 fully saturated rings. The quantitative estimate of drug-likeness (QED) is 0.206. The molecule has 0 bridgehead atoms. The zero-order valence-electron chi connectivity index (χ0n) is 16.3. The summed E-state index contributed by atoms with van der Waals surface area (Å²) in [5.74, 6) is 0.00809. The van der Waals surface area contributed by atoms with E-state index < -0.39 is 39.9 Å². The number of aliphatic hydroxyl groups excluding tert-OH is 2. The number of nitrogens with one attached hydrogen (secondary N) is 3. The third-order valence-corrected chi connectivity index (χ3v) is 6.96. The Kier molecular flexibility index (Phi) is 5.97. The third kappa shape index (κ3) is 4.29. The Morgan fingerprint density at radius 1 is 1.40 bits per heavy atom. The van der Waals surface area contributed by atoms with E-state index in [1.165, 1.54) is 18.7 Å². The number of anilines is 1. The standard InChI is InChI=1S/C18H22IN7O4/c1-9-11(24-17(29)10-6-19-26(2)4-3-12(10)27)5-13(28)18(30-9)25-16-14-15(21-7-20-14)22-8-23-16/h3-4,6-9,11,13,18,27-28H,5H2,1-2H3,(H,24,29)(H2,20,21,22,23,25)/t9-,11+,13-,18-/m0/s1. The van der Waals surface area contributed by atoms with Crippen LogP contribution in [0.25, 0.3) is 11.2 Å². The molecule has 11 nitrogen and oxygen atoms in total. The van der Waals surface area contributed by atoms with E-state index in [2.05, 4.69) is 30.6 Å². The van der Waals surface area contributed by atoms with Gasteiger partial charge in [-0.05, 0) is 0 Å². The minimum absolute atomic E-state index is 0.0756. The predicted molar refractivity (Wildman–Crippen MR) is 103 cm³/mol. The van der Waals surface area contributed by atoms with Gasteiger partial charge in [0.15, 0.2) is 0 Å². The minimum atomic E-state index is -0.890. The Hall–Kier alpha value is -2.58. The SMILES string of the molecule is C[C@@H]1O[C@H](Nc2ncnc3nc[nH]c23)[C@@H](O)C[C@H]1NC(=O)C1=C[I-][N+](C)=CC=C1O. The number of ether oxygens (including phenoxy) is 1. The Labute approximate surface area is 182 Å². The van der Waals surface area contributed by atoms with Gasteiger partial charge in [0, 0.05) is 0 Å². The molecule has 0 unspecified atom stereocenters. The molecule has 4 atom stereocenters. The maximum absolute atomic E-state index is 12.7. The fourth-order valence-corrected chi connectivity index (χ4v) is 4.86. The predicted octanol–water partition coefficient (Wildman–Crippen LogP) is -3.20. The van der Waals surface area contributed by atoms with Gasteiger partial charge in [0.25, 0.3) is 0 Å². The van der Waals surface area contributed by atoms with Crippen molar-refractivity contribution in [2.75, 3.05) is 12.4 Å². The van der Waals surface area contributed by atoms with E-state index >= 15 is 0 Å². The van der Waals surface area contributed by atoms with Gasteiger partial charge in [0.2, 0.25) is 0 Å². The van der Waals surface area contributed by atoms with Gasteiger partial charge in [-0.1, -0.05) is 0 Å². The molecule has 0 aromatic carbocycles. The summed E-state index contributed by atoms with van der Waals surface area (Å²) in [7, 11) is 1.89. The molecule has 4 rings (SSSR count). The molecule has 2 aliphatic heterocycles. The van der Waals surface area contributed by atoms with Crippen LogP contribution in [-0.4, -0.2) is 76.6 Å². The second-order valence-electron chi connectivity index (χ2n) is 6.96. The van der Waals surface area contributed by atoms with Crippen molar-refractivity contribution in [2.24, 2.45) is 0 Å². The average Bonchev–Trinajstić information content (AvgIpc) is 3.13. The number of aromatic amines is 1. The molecular weight excluding hydrogens is 505 g/mol. The summed E-state index contributed by atoms with van der Waals surface area (Å²) in [6.07, 6.45) is 4.44. The van der Waals surface area contributed by atoms with Crippen molar-refractivity contribution in [2.45, 2.75) is 37.8 Å². The molecule has 0 spiro atoms. The summed E-state index contributed by atoms with van der Waals surface area (Å²) in [5.41, 5.74) is 1.36. The number of rotatable bonds is 4. The van der Waals surface area contributed by atoms with Crippen LogP contribution in [0.2, 0.25) is 0 Å². The van der Waals surface area contributed by atoms with E-state index in [9.17, 15) is 15.0 Å². The molecule has 1 saturated heterocycles. The van der Waals surface area contributed by atoms with Gasteiger partial charge in [-0.15, -0.1) is 0 Å². The first-order valence-electron chi connectivity index (χ1n) is 9.28. The zero-order valence-corrected chi connectivity index (χ0v) is 18.4. The molecule has 5 N–H and O–H groups in total. The van der Waals surface area contributed by atoms with Gasteiger partial charge in [0.05, 0.1) is 6.33 Å². The van der Waals surface area contributed by atoms with Gasteiger partial charge in [-0.25, -0.2) is 9.97 Å². The fourth-order valence-electron chi connectivity index (χ4n) is 3.20. The van der Waals surface area contributed by atoms with Crippen LogP contribution in [0.3, 0.4) is 0 Å². The summed E-state index contributed by atoms with van der Waals surface area (Å²) in [6, 6.07) is -0.417. The number of aliphatic hydroxyl groups is 2. The second kappa shape index (κ2) is 8.65. The Balaban J connectivity index is 1.42. The van der Waals surface area contributed by atoms with Crippen LogP contribution in [0, 0.1) is 0 Å². The van der Waals surface area contributed by atoms with E-state index in [1.807, 2.05) is 16.8 Å². The molecule has 2 aliphatic rings. The summed E-state index contributed by atoms with van der Waals surface area (Å²) in [5, 5.41) is 26.7. The number of H-pyrrole nitrogens is 1. The molecule has 0 radical (unpaired) electrons. The Bertz CT molecular complexity index is 1050. The van der Waals surface area contributed by atoms with E-state index in [1.54, 1.807) is 10.3 Å². The number of hydrogen-bond acceptors (Lipinski definition) is 8. The van der Waals surface area contributed by atoms with E-state index in [-0.39, 0.29) is 29.8 Å². The van der Waals surface area contributed by atoms with E-state index in [4.69, 9.17) is 4.74 Å². The molecule has 1 amide bonds. The first kappa shape index (κ1) is 20.7. The van der Waals surface area contributed by atoms with Gasteiger partial charge in [-0.3, -0.25) is 0 Å². The topological polar surface area (TPSA) is 148 Å². The van der Waals surface area contributed by atoms with Crippen molar-refractivity contribution in [3.63, 3.8) is 0 Å². The van der Waals surface area contributed by atoms with Crippen molar-refractivity contribution in [1.29, 1.82) is 0 Å².